The number of aromatic nitrogens is 2. The number of pyridine rings is 1. The van der Waals surface area contributed by atoms with Crippen LogP contribution in [0.5, 0.6) is 17.4 Å². The monoisotopic (exact) mass is 479 g/mol. The van der Waals surface area contributed by atoms with Gasteiger partial charge in [0, 0.05) is 26.3 Å². The van der Waals surface area contributed by atoms with E-state index < -0.39 is 0 Å². The Morgan fingerprint density at radius 1 is 0.943 bits per heavy atom. The highest BCUT2D eigenvalue weighted by atomic mass is 16.5. The van der Waals surface area contributed by atoms with Crippen LogP contribution in [0.25, 0.3) is 16.8 Å². The zero-order chi connectivity index (χ0) is 24.4. The van der Waals surface area contributed by atoms with Crippen LogP contribution in [0.4, 0.5) is 5.69 Å². The van der Waals surface area contributed by atoms with E-state index in [1.165, 1.54) is 19.3 Å². The second-order valence-corrected chi connectivity index (χ2v) is 9.87. The van der Waals surface area contributed by atoms with Gasteiger partial charge >= 0.3 is 0 Å². The molecule has 0 bridgehead atoms. The SMILES string of the molecule is COc1cc(C)cc(OC)c1-c1cccc2c(N(CC3CCC3)CC3CCOCC3)c(OC)nn12. The van der Waals surface area contributed by atoms with Crippen LogP contribution in [0.3, 0.4) is 0 Å². The Balaban J connectivity index is 1.63. The molecule has 5 rings (SSSR count). The molecule has 1 saturated heterocycles. The van der Waals surface area contributed by atoms with Gasteiger partial charge in [0.05, 0.1) is 38.1 Å². The quantitative estimate of drug-likeness (QED) is 0.411. The standard InChI is InChI=1S/C28H37N3O4/c1-19-15-24(32-2)26(25(16-19)33-3)22-9-6-10-23-27(28(34-4)29-31(22)23)30(17-20-7-5-8-20)18-21-11-13-35-14-12-21/h6,9-10,15-16,20-21H,5,7-8,11-14,17-18H2,1-4H3. The van der Waals surface area contributed by atoms with Gasteiger partial charge in [-0.25, -0.2) is 4.52 Å². The minimum atomic E-state index is 0.615. The molecule has 3 heterocycles. The first-order valence-corrected chi connectivity index (χ1v) is 12.7. The van der Waals surface area contributed by atoms with E-state index in [-0.39, 0.29) is 0 Å². The van der Waals surface area contributed by atoms with Crippen LogP contribution in [0.15, 0.2) is 30.3 Å². The molecule has 0 radical (unpaired) electrons. The van der Waals surface area contributed by atoms with Crippen LogP contribution in [0, 0.1) is 18.8 Å². The van der Waals surface area contributed by atoms with E-state index in [0.29, 0.717) is 11.8 Å². The van der Waals surface area contributed by atoms with Crippen LogP contribution in [0.1, 0.15) is 37.7 Å². The van der Waals surface area contributed by atoms with Crippen molar-refractivity contribution in [2.75, 3.05) is 52.5 Å². The van der Waals surface area contributed by atoms with E-state index in [9.17, 15) is 0 Å². The summed E-state index contributed by atoms with van der Waals surface area (Å²) < 4.78 is 25.1. The van der Waals surface area contributed by atoms with Crippen molar-refractivity contribution in [3.63, 3.8) is 0 Å². The summed E-state index contributed by atoms with van der Waals surface area (Å²) in [6.45, 7) is 5.78. The summed E-state index contributed by atoms with van der Waals surface area (Å²) in [5, 5.41) is 4.96. The average Bonchev–Trinajstić information content (AvgIpc) is 3.24. The second-order valence-electron chi connectivity index (χ2n) is 9.87. The third kappa shape index (κ3) is 4.66. The zero-order valence-electron chi connectivity index (χ0n) is 21.4. The molecule has 7 nitrogen and oxygen atoms in total. The molecule has 2 fully saturated rings. The molecule has 7 heteroatoms. The number of rotatable bonds is 9. The van der Waals surface area contributed by atoms with Crippen LogP contribution in [0.2, 0.25) is 0 Å². The summed E-state index contributed by atoms with van der Waals surface area (Å²) in [6, 6.07) is 10.4. The molecule has 1 aliphatic heterocycles. The van der Waals surface area contributed by atoms with Gasteiger partial charge in [-0.3, -0.25) is 0 Å². The largest absolute Gasteiger partial charge is 0.496 e. The molecule has 0 atom stereocenters. The number of hydrogen-bond acceptors (Lipinski definition) is 6. The summed E-state index contributed by atoms with van der Waals surface area (Å²) in [6.07, 6.45) is 6.14. The molecular formula is C28H37N3O4. The van der Waals surface area contributed by atoms with E-state index >= 15 is 0 Å². The number of aryl methyl sites for hydroxylation is 1. The topological polar surface area (TPSA) is 57.5 Å². The van der Waals surface area contributed by atoms with E-state index in [1.54, 1.807) is 21.3 Å². The fraction of sp³-hybridized carbons (Fsp3) is 0.536. The van der Waals surface area contributed by atoms with Crippen molar-refractivity contribution in [1.82, 2.24) is 9.61 Å². The molecule has 35 heavy (non-hydrogen) atoms. The van der Waals surface area contributed by atoms with Gasteiger partial charge in [0.1, 0.15) is 17.2 Å². The minimum absolute atomic E-state index is 0.615. The normalized spacial score (nSPS) is 16.8. The van der Waals surface area contributed by atoms with Gasteiger partial charge in [0.15, 0.2) is 0 Å². The Morgan fingerprint density at radius 3 is 2.17 bits per heavy atom. The summed E-state index contributed by atoms with van der Waals surface area (Å²) >= 11 is 0. The Labute approximate surface area is 207 Å². The first kappa shape index (κ1) is 23.8. The molecule has 1 saturated carbocycles. The van der Waals surface area contributed by atoms with Crippen molar-refractivity contribution >= 4 is 11.2 Å². The van der Waals surface area contributed by atoms with Crippen molar-refractivity contribution in [1.29, 1.82) is 0 Å². The van der Waals surface area contributed by atoms with Gasteiger partial charge in [-0.2, -0.15) is 0 Å². The Bertz CT molecular complexity index is 1140. The molecule has 2 aromatic heterocycles. The van der Waals surface area contributed by atoms with Gasteiger partial charge in [-0.1, -0.05) is 12.5 Å². The van der Waals surface area contributed by atoms with Crippen molar-refractivity contribution in [2.24, 2.45) is 11.8 Å². The van der Waals surface area contributed by atoms with Crippen LogP contribution in [-0.4, -0.2) is 57.2 Å². The molecule has 0 amide bonds. The van der Waals surface area contributed by atoms with E-state index in [2.05, 4.69) is 23.1 Å². The lowest BCUT2D eigenvalue weighted by atomic mass is 9.84. The summed E-state index contributed by atoms with van der Waals surface area (Å²) in [5.74, 6) is 3.53. The fourth-order valence-corrected chi connectivity index (χ4v) is 5.44. The lowest BCUT2D eigenvalue weighted by Crippen LogP contribution is -2.37. The van der Waals surface area contributed by atoms with Gasteiger partial charge in [0.2, 0.25) is 0 Å². The second kappa shape index (κ2) is 10.4. The first-order valence-electron chi connectivity index (χ1n) is 12.7. The average molecular weight is 480 g/mol. The van der Waals surface area contributed by atoms with Crippen LogP contribution < -0.4 is 19.1 Å². The molecule has 0 unspecified atom stereocenters. The lowest BCUT2D eigenvalue weighted by Gasteiger charge is -2.36. The Morgan fingerprint density at radius 2 is 1.60 bits per heavy atom. The molecule has 2 aliphatic rings. The maximum atomic E-state index is 5.90. The first-order chi connectivity index (χ1) is 17.1. The number of nitrogens with zero attached hydrogens (tertiary/aromatic N) is 3. The highest BCUT2D eigenvalue weighted by Crippen LogP contribution is 2.43. The van der Waals surface area contributed by atoms with Gasteiger partial charge in [0.25, 0.3) is 5.88 Å². The third-order valence-electron chi connectivity index (χ3n) is 7.54. The number of benzene rings is 1. The number of hydrogen-bond donors (Lipinski definition) is 0. The molecule has 1 aromatic carbocycles. The van der Waals surface area contributed by atoms with E-state index in [0.717, 1.165) is 84.6 Å². The smallest absolute Gasteiger partial charge is 0.257 e. The number of ether oxygens (including phenoxy) is 4. The molecule has 188 valence electrons. The van der Waals surface area contributed by atoms with Crippen molar-refractivity contribution in [3.05, 3.63) is 35.9 Å². The zero-order valence-corrected chi connectivity index (χ0v) is 21.4. The van der Waals surface area contributed by atoms with Crippen LogP contribution >= 0.6 is 0 Å². The van der Waals surface area contributed by atoms with Gasteiger partial charge < -0.3 is 23.8 Å². The number of fused-ring (bicyclic) bond motifs is 1. The lowest BCUT2D eigenvalue weighted by molar-refractivity contribution is 0.0678. The Kier molecular flexibility index (Phi) is 7.04. The van der Waals surface area contributed by atoms with Crippen LogP contribution in [-0.2, 0) is 4.74 Å². The van der Waals surface area contributed by atoms with Crippen molar-refractivity contribution < 1.29 is 18.9 Å². The molecule has 0 N–H and O–H groups in total. The highest BCUT2D eigenvalue weighted by molar-refractivity contribution is 5.84. The summed E-state index contributed by atoms with van der Waals surface area (Å²) in [4.78, 5) is 2.54. The Hall–Kier alpha value is -2.93. The molecule has 3 aromatic rings. The number of anilines is 1. The minimum Gasteiger partial charge on any atom is -0.496 e. The molecule has 0 spiro atoms. The van der Waals surface area contributed by atoms with Crippen molar-refractivity contribution in [2.45, 2.75) is 39.0 Å². The maximum Gasteiger partial charge on any atom is 0.257 e. The predicted octanol–water partition coefficient (Wildman–Crippen LogP) is 5.37. The maximum absolute atomic E-state index is 5.90. The fourth-order valence-electron chi connectivity index (χ4n) is 5.44. The molecular weight excluding hydrogens is 442 g/mol. The summed E-state index contributed by atoms with van der Waals surface area (Å²) in [5.41, 5.74) is 5.00. The molecule has 1 aliphatic carbocycles. The number of methoxy groups -OCH3 is 3. The predicted molar refractivity (Wildman–Crippen MR) is 138 cm³/mol. The van der Waals surface area contributed by atoms with Crippen molar-refractivity contribution in [3.8, 4) is 28.6 Å². The van der Waals surface area contributed by atoms with Gasteiger partial charge in [-0.15, -0.1) is 5.10 Å². The highest BCUT2D eigenvalue weighted by Gasteiger charge is 2.29. The third-order valence-corrected chi connectivity index (χ3v) is 7.54. The van der Waals surface area contributed by atoms with E-state index in [1.807, 2.05) is 23.6 Å². The van der Waals surface area contributed by atoms with Gasteiger partial charge in [-0.05, 0) is 74.3 Å². The van der Waals surface area contributed by atoms with E-state index in [4.69, 9.17) is 24.0 Å². The summed E-state index contributed by atoms with van der Waals surface area (Å²) in [7, 11) is 5.11.